The van der Waals surface area contributed by atoms with E-state index < -0.39 is 0 Å². The molecule has 0 aromatic heterocycles. The third kappa shape index (κ3) is 4.40. The number of carbonyl (C=O) groups excluding carboxylic acids is 3. The van der Waals surface area contributed by atoms with Crippen LogP contribution in [-0.4, -0.2) is 66.9 Å². The van der Waals surface area contributed by atoms with Gasteiger partial charge in [-0.3, -0.25) is 9.59 Å². The van der Waals surface area contributed by atoms with E-state index in [1.807, 2.05) is 36.9 Å². The first-order chi connectivity index (χ1) is 12.8. The predicted octanol–water partition coefficient (Wildman–Crippen LogP) is 1.40. The van der Waals surface area contributed by atoms with Crippen LogP contribution in [0.15, 0.2) is 18.2 Å². The Balaban J connectivity index is 1.58. The van der Waals surface area contributed by atoms with Gasteiger partial charge in [-0.05, 0) is 37.5 Å². The zero-order valence-electron chi connectivity index (χ0n) is 16.3. The topological polar surface area (TPSA) is 73.0 Å². The van der Waals surface area contributed by atoms with Crippen molar-refractivity contribution in [3.8, 4) is 0 Å². The van der Waals surface area contributed by atoms with Gasteiger partial charge in [-0.15, -0.1) is 0 Å². The van der Waals surface area contributed by atoms with E-state index in [1.165, 1.54) is 0 Å². The molecule has 1 aromatic carbocycles. The molecular weight excluding hydrogens is 344 g/mol. The standard InChI is InChI=1S/C20H28N4O3/c1-14(2)21-20(27)24-8-4-7-23(9-10-24)19(26)12-15-5-6-17-16(11-15)13-18(25)22(17)3/h5-6,11,14H,4,7-10,12-13H2,1-3H3,(H,21,27). The summed E-state index contributed by atoms with van der Waals surface area (Å²) in [5.41, 5.74) is 2.85. The van der Waals surface area contributed by atoms with Gasteiger partial charge in [-0.25, -0.2) is 4.79 Å². The number of urea groups is 1. The summed E-state index contributed by atoms with van der Waals surface area (Å²) in [5, 5.41) is 2.91. The van der Waals surface area contributed by atoms with Crippen molar-refractivity contribution in [2.24, 2.45) is 0 Å². The van der Waals surface area contributed by atoms with E-state index in [0.29, 0.717) is 39.0 Å². The molecule has 0 bridgehead atoms. The maximum atomic E-state index is 12.7. The Hall–Kier alpha value is -2.57. The molecular formula is C20H28N4O3. The number of rotatable bonds is 3. The zero-order chi connectivity index (χ0) is 19.6. The first-order valence-corrected chi connectivity index (χ1v) is 9.56. The Bertz CT molecular complexity index is 747. The third-order valence-corrected chi connectivity index (χ3v) is 5.12. The van der Waals surface area contributed by atoms with Crippen molar-refractivity contribution < 1.29 is 14.4 Å². The highest BCUT2D eigenvalue weighted by molar-refractivity contribution is 6.01. The highest BCUT2D eigenvalue weighted by Gasteiger charge is 2.25. The molecule has 1 N–H and O–H groups in total. The second-order valence-corrected chi connectivity index (χ2v) is 7.59. The highest BCUT2D eigenvalue weighted by Crippen LogP contribution is 2.28. The molecule has 0 unspecified atom stereocenters. The molecule has 3 rings (SSSR count). The van der Waals surface area contributed by atoms with Crippen molar-refractivity contribution >= 4 is 23.5 Å². The molecule has 4 amide bonds. The third-order valence-electron chi connectivity index (χ3n) is 5.12. The highest BCUT2D eigenvalue weighted by atomic mass is 16.2. The van der Waals surface area contributed by atoms with Crippen LogP contribution in [0.1, 0.15) is 31.4 Å². The van der Waals surface area contributed by atoms with Gasteiger partial charge in [0.15, 0.2) is 0 Å². The zero-order valence-corrected chi connectivity index (χ0v) is 16.3. The summed E-state index contributed by atoms with van der Waals surface area (Å²) in [6, 6.07) is 5.85. The first kappa shape index (κ1) is 19.2. The molecule has 0 atom stereocenters. The fourth-order valence-corrected chi connectivity index (χ4v) is 3.63. The van der Waals surface area contributed by atoms with Gasteiger partial charge in [-0.2, -0.15) is 0 Å². The molecule has 2 aliphatic rings. The normalized spacial score (nSPS) is 17.2. The van der Waals surface area contributed by atoms with Crippen LogP contribution in [0.5, 0.6) is 0 Å². The van der Waals surface area contributed by atoms with E-state index in [4.69, 9.17) is 0 Å². The molecule has 2 aliphatic heterocycles. The van der Waals surface area contributed by atoms with Gasteiger partial charge >= 0.3 is 6.03 Å². The molecule has 7 nitrogen and oxygen atoms in total. The lowest BCUT2D eigenvalue weighted by molar-refractivity contribution is -0.130. The molecule has 0 aliphatic carbocycles. The van der Waals surface area contributed by atoms with Gasteiger partial charge < -0.3 is 20.0 Å². The van der Waals surface area contributed by atoms with Crippen molar-refractivity contribution in [3.05, 3.63) is 29.3 Å². The predicted molar refractivity (Wildman–Crippen MR) is 104 cm³/mol. The number of carbonyl (C=O) groups is 3. The summed E-state index contributed by atoms with van der Waals surface area (Å²) in [4.78, 5) is 42.0. The molecule has 1 fully saturated rings. The van der Waals surface area contributed by atoms with E-state index in [0.717, 1.165) is 23.2 Å². The van der Waals surface area contributed by atoms with E-state index >= 15 is 0 Å². The molecule has 27 heavy (non-hydrogen) atoms. The molecule has 7 heteroatoms. The van der Waals surface area contributed by atoms with Gasteiger partial charge in [0.1, 0.15) is 0 Å². The van der Waals surface area contributed by atoms with Gasteiger partial charge in [0, 0.05) is 45.0 Å². The second kappa shape index (κ2) is 7.98. The van der Waals surface area contributed by atoms with Gasteiger partial charge in [-0.1, -0.05) is 12.1 Å². The Morgan fingerprint density at radius 2 is 1.81 bits per heavy atom. The fourth-order valence-electron chi connectivity index (χ4n) is 3.63. The van der Waals surface area contributed by atoms with Crippen molar-refractivity contribution in [3.63, 3.8) is 0 Å². The maximum Gasteiger partial charge on any atom is 0.317 e. The SMILES string of the molecule is CC(C)NC(=O)N1CCCN(C(=O)Cc2ccc3c(c2)CC(=O)N3C)CC1. The summed E-state index contributed by atoms with van der Waals surface area (Å²) in [5.74, 6) is 0.152. The van der Waals surface area contributed by atoms with Gasteiger partial charge in [0.2, 0.25) is 11.8 Å². The number of fused-ring (bicyclic) bond motifs is 1. The molecule has 1 saturated heterocycles. The van der Waals surface area contributed by atoms with Gasteiger partial charge in [0.05, 0.1) is 12.8 Å². The van der Waals surface area contributed by atoms with Crippen LogP contribution < -0.4 is 10.2 Å². The van der Waals surface area contributed by atoms with Gasteiger partial charge in [0.25, 0.3) is 0 Å². The van der Waals surface area contributed by atoms with E-state index in [2.05, 4.69) is 5.32 Å². The number of nitrogens with one attached hydrogen (secondary N) is 1. The summed E-state index contributed by atoms with van der Waals surface area (Å²) in [6.45, 7) is 6.30. The van der Waals surface area contributed by atoms with E-state index in [9.17, 15) is 14.4 Å². The van der Waals surface area contributed by atoms with E-state index in [-0.39, 0.29) is 23.9 Å². The summed E-state index contributed by atoms with van der Waals surface area (Å²) in [6.07, 6.45) is 1.50. The van der Waals surface area contributed by atoms with E-state index in [1.54, 1.807) is 16.8 Å². The number of likely N-dealkylation sites (N-methyl/N-ethyl adjacent to an activating group) is 1. The first-order valence-electron chi connectivity index (χ1n) is 9.56. The van der Waals surface area contributed by atoms with Crippen LogP contribution in [0, 0.1) is 0 Å². The Morgan fingerprint density at radius 3 is 2.56 bits per heavy atom. The molecule has 146 valence electrons. The minimum absolute atomic E-state index is 0.0632. The average molecular weight is 372 g/mol. The maximum absolute atomic E-state index is 12.7. The van der Waals surface area contributed by atoms with Crippen molar-refractivity contribution in [2.45, 2.75) is 39.2 Å². The Kier molecular flexibility index (Phi) is 5.68. The lowest BCUT2D eigenvalue weighted by atomic mass is 10.1. The lowest BCUT2D eigenvalue weighted by Gasteiger charge is -2.23. The summed E-state index contributed by atoms with van der Waals surface area (Å²) < 4.78 is 0. The molecule has 2 heterocycles. The minimum Gasteiger partial charge on any atom is -0.341 e. The lowest BCUT2D eigenvalue weighted by Crippen LogP contribution is -2.45. The average Bonchev–Trinajstić information content (AvgIpc) is 2.79. The van der Waals surface area contributed by atoms with Crippen LogP contribution in [0.25, 0.3) is 0 Å². The van der Waals surface area contributed by atoms with Crippen molar-refractivity contribution in [1.82, 2.24) is 15.1 Å². The molecule has 0 saturated carbocycles. The number of hydrogen-bond donors (Lipinski definition) is 1. The smallest absolute Gasteiger partial charge is 0.317 e. The number of anilines is 1. The molecule has 0 spiro atoms. The largest absolute Gasteiger partial charge is 0.341 e. The van der Waals surface area contributed by atoms with Crippen LogP contribution >= 0.6 is 0 Å². The number of nitrogens with zero attached hydrogens (tertiary/aromatic N) is 3. The van der Waals surface area contributed by atoms with Crippen LogP contribution in [-0.2, 0) is 22.4 Å². The second-order valence-electron chi connectivity index (χ2n) is 7.59. The summed E-state index contributed by atoms with van der Waals surface area (Å²) >= 11 is 0. The quantitative estimate of drug-likeness (QED) is 0.872. The van der Waals surface area contributed by atoms with Crippen LogP contribution in [0.2, 0.25) is 0 Å². The number of benzene rings is 1. The number of hydrogen-bond acceptors (Lipinski definition) is 3. The van der Waals surface area contributed by atoms with Crippen LogP contribution in [0.4, 0.5) is 10.5 Å². The monoisotopic (exact) mass is 372 g/mol. The number of amides is 4. The minimum atomic E-state index is -0.0632. The van der Waals surface area contributed by atoms with Crippen LogP contribution in [0.3, 0.4) is 0 Å². The Labute approximate surface area is 160 Å². The molecule has 0 radical (unpaired) electrons. The Morgan fingerprint density at radius 1 is 1.11 bits per heavy atom. The summed E-state index contributed by atoms with van der Waals surface area (Å²) in [7, 11) is 1.78. The van der Waals surface area contributed by atoms with Crippen molar-refractivity contribution in [1.29, 1.82) is 0 Å². The van der Waals surface area contributed by atoms with Crippen molar-refractivity contribution in [2.75, 3.05) is 38.1 Å². The fraction of sp³-hybridized carbons (Fsp3) is 0.550. The molecule has 1 aromatic rings.